The number of ether oxygens (including phenoxy) is 1. The molecule has 4 heteroatoms. The molecule has 2 aliphatic carbocycles. The monoisotopic (exact) mass is 420 g/mol. The summed E-state index contributed by atoms with van der Waals surface area (Å²) in [5, 5.41) is 11.1. The van der Waals surface area contributed by atoms with Crippen molar-refractivity contribution in [2.75, 3.05) is 0 Å². The predicted octanol–water partition coefficient (Wildman–Crippen LogP) is 6.15. The number of carbonyl (C=O) groups excluding carboxylic acids is 2. The fourth-order valence-corrected chi connectivity index (χ4v) is 5.45. The number of fused-ring (bicyclic) bond motifs is 1. The molecule has 0 aliphatic heterocycles. The van der Waals surface area contributed by atoms with Gasteiger partial charge in [-0.15, -0.1) is 0 Å². The van der Waals surface area contributed by atoms with Crippen LogP contribution in [-0.4, -0.2) is 28.6 Å². The van der Waals surface area contributed by atoms with Gasteiger partial charge >= 0.3 is 5.97 Å². The van der Waals surface area contributed by atoms with Crippen molar-refractivity contribution >= 4 is 11.8 Å². The summed E-state index contributed by atoms with van der Waals surface area (Å²) in [6, 6.07) is 0. The first-order valence-electron chi connectivity index (χ1n) is 12.4. The lowest BCUT2D eigenvalue weighted by Gasteiger charge is -2.40. The van der Waals surface area contributed by atoms with Crippen molar-refractivity contribution in [3.63, 3.8) is 0 Å². The molecule has 30 heavy (non-hydrogen) atoms. The second-order valence-corrected chi connectivity index (χ2v) is 9.97. The Morgan fingerprint density at radius 1 is 1.20 bits per heavy atom. The molecule has 4 atom stereocenters. The van der Waals surface area contributed by atoms with Gasteiger partial charge in [-0.05, 0) is 70.6 Å². The third kappa shape index (κ3) is 8.17. The van der Waals surface area contributed by atoms with Crippen LogP contribution in [0.4, 0.5) is 0 Å². The zero-order chi connectivity index (χ0) is 22.0. The van der Waals surface area contributed by atoms with Crippen molar-refractivity contribution in [3.05, 3.63) is 12.2 Å². The van der Waals surface area contributed by atoms with Gasteiger partial charge in [0.05, 0.1) is 11.7 Å². The van der Waals surface area contributed by atoms with Crippen molar-refractivity contribution in [1.82, 2.24) is 0 Å². The Bertz CT molecular complexity index is 567. The lowest BCUT2D eigenvalue weighted by atomic mass is 9.69. The van der Waals surface area contributed by atoms with E-state index in [1.165, 1.54) is 25.7 Å². The highest BCUT2D eigenvalue weighted by molar-refractivity contribution is 5.84. The molecule has 0 aromatic heterocycles. The highest BCUT2D eigenvalue weighted by Gasteiger charge is 2.48. The zero-order valence-corrected chi connectivity index (χ0v) is 19.5. The van der Waals surface area contributed by atoms with Gasteiger partial charge in [-0.2, -0.15) is 0 Å². The largest absolute Gasteiger partial charge is 0.463 e. The smallest absolute Gasteiger partial charge is 0.306 e. The molecule has 0 aromatic carbocycles. The maximum Gasteiger partial charge on any atom is 0.306 e. The van der Waals surface area contributed by atoms with Crippen LogP contribution in [0.2, 0.25) is 0 Å². The second-order valence-electron chi connectivity index (χ2n) is 9.97. The molecule has 0 amide bonds. The number of ketones is 1. The molecule has 0 saturated heterocycles. The van der Waals surface area contributed by atoms with Gasteiger partial charge in [-0.25, -0.2) is 0 Å². The van der Waals surface area contributed by atoms with E-state index >= 15 is 0 Å². The first kappa shape index (κ1) is 25.1. The molecular weight excluding hydrogens is 376 g/mol. The van der Waals surface area contributed by atoms with Gasteiger partial charge in [0.1, 0.15) is 5.78 Å². The van der Waals surface area contributed by atoms with Crippen LogP contribution in [0.15, 0.2) is 12.2 Å². The first-order valence-corrected chi connectivity index (χ1v) is 12.4. The first-order chi connectivity index (χ1) is 14.3. The Morgan fingerprint density at radius 2 is 1.97 bits per heavy atom. The molecule has 0 aromatic rings. The van der Waals surface area contributed by atoms with Crippen LogP contribution < -0.4 is 0 Å². The summed E-state index contributed by atoms with van der Waals surface area (Å²) in [6.45, 7) is 5.95. The molecule has 1 N–H and O–H groups in total. The van der Waals surface area contributed by atoms with E-state index in [0.717, 1.165) is 51.4 Å². The Morgan fingerprint density at radius 3 is 2.70 bits per heavy atom. The second kappa shape index (κ2) is 12.6. The number of allylic oxidation sites excluding steroid dienone is 2. The molecule has 2 rings (SSSR count). The predicted molar refractivity (Wildman–Crippen MR) is 121 cm³/mol. The molecule has 2 fully saturated rings. The van der Waals surface area contributed by atoms with Gasteiger partial charge in [0.15, 0.2) is 0 Å². The van der Waals surface area contributed by atoms with E-state index in [0.29, 0.717) is 30.5 Å². The lowest BCUT2D eigenvalue weighted by Crippen LogP contribution is -2.38. The summed E-state index contributed by atoms with van der Waals surface area (Å²) in [5.74, 6) is 1.21. The van der Waals surface area contributed by atoms with E-state index in [2.05, 4.69) is 19.1 Å². The van der Waals surface area contributed by atoms with Crippen molar-refractivity contribution in [3.8, 4) is 0 Å². The maximum absolute atomic E-state index is 12.6. The molecule has 0 bridgehead atoms. The SMILES string of the molecule is CCCCCCC[C@]1(O)CC[C@@H]2C(C/C=C\CCCC(=O)OC(C)C)C(=O)C[C@H]2C1. The number of hydrogen-bond donors (Lipinski definition) is 1. The number of carbonyl (C=O) groups is 2. The van der Waals surface area contributed by atoms with E-state index in [1.54, 1.807) is 0 Å². The van der Waals surface area contributed by atoms with E-state index in [9.17, 15) is 14.7 Å². The summed E-state index contributed by atoms with van der Waals surface area (Å²) in [4.78, 5) is 24.2. The molecule has 172 valence electrons. The number of Topliss-reactive ketones (excluding diaryl/α,β-unsaturated/α-hetero) is 1. The highest BCUT2D eigenvalue weighted by Crippen LogP contribution is 2.49. The standard InChI is InChI=1S/C26H44O4/c1-4-5-6-9-12-16-26(29)17-15-22-21(19-26)18-24(27)23(22)13-10-7-8-11-14-25(28)30-20(2)3/h7,10,20-23,29H,4-6,8-9,11-19H2,1-3H3/b10-7-/t21-,22-,23?,26-/m0/s1. The molecule has 0 spiro atoms. The van der Waals surface area contributed by atoms with Gasteiger partial charge < -0.3 is 9.84 Å². The normalized spacial score (nSPS) is 29.0. The number of esters is 1. The maximum atomic E-state index is 12.6. The third-order valence-corrected chi connectivity index (χ3v) is 7.01. The molecule has 2 aliphatic rings. The quantitative estimate of drug-likeness (QED) is 0.220. The minimum atomic E-state index is -0.539. The Hall–Kier alpha value is -1.16. The Labute approximate surface area is 183 Å². The molecule has 4 nitrogen and oxygen atoms in total. The van der Waals surface area contributed by atoms with E-state index in [-0.39, 0.29) is 18.0 Å². The molecular formula is C26H44O4. The van der Waals surface area contributed by atoms with Crippen molar-refractivity contribution in [2.45, 2.75) is 122 Å². The average molecular weight is 421 g/mol. The fraction of sp³-hybridized carbons (Fsp3) is 0.846. The van der Waals surface area contributed by atoms with Crippen LogP contribution in [0.25, 0.3) is 0 Å². The number of aliphatic hydroxyl groups is 1. The van der Waals surface area contributed by atoms with Gasteiger partial charge in [-0.1, -0.05) is 51.2 Å². The highest BCUT2D eigenvalue weighted by atomic mass is 16.5. The van der Waals surface area contributed by atoms with Crippen LogP contribution in [0.5, 0.6) is 0 Å². The van der Waals surface area contributed by atoms with E-state index in [1.807, 2.05) is 13.8 Å². The van der Waals surface area contributed by atoms with Crippen LogP contribution in [0, 0.1) is 17.8 Å². The molecule has 1 unspecified atom stereocenters. The number of rotatable bonds is 13. The topological polar surface area (TPSA) is 63.6 Å². The van der Waals surface area contributed by atoms with E-state index < -0.39 is 5.60 Å². The molecule has 0 radical (unpaired) electrons. The summed E-state index contributed by atoms with van der Waals surface area (Å²) in [6.07, 6.45) is 17.4. The molecule has 2 saturated carbocycles. The van der Waals surface area contributed by atoms with Crippen LogP contribution in [-0.2, 0) is 14.3 Å². The third-order valence-electron chi connectivity index (χ3n) is 7.01. The number of hydrogen-bond acceptors (Lipinski definition) is 4. The summed E-state index contributed by atoms with van der Waals surface area (Å²) >= 11 is 0. The summed E-state index contributed by atoms with van der Waals surface area (Å²) in [7, 11) is 0. The summed E-state index contributed by atoms with van der Waals surface area (Å²) < 4.78 is 5.14. The van der Waals surface area contributed by atoms with Crippen LogP contribution in [0.3, 0.4) is 0 Å². The minimum Gasteiger partial charge on any atom is -0.463 e. The number of unbranched alkanes of at least 4 members (excludes halogenated alkanes) is 5. The average Bonchev–Trinajstić information content (AvgIpc) is 2.97. The van der Waals surface area contributed by atoms with Gasteiger partial charge in [0.2, 0.25) is 0 Å². The van der Waals surface area contributed by atoms with Gasteiger partial charge in [-0.3, -0.25) is 9.59 Å². The van der Waals surface area contributed by atoms with E-state index in [4.69, 9.17) is 4.74 Å². The van der Waals surface area contributed by atoms with Crippen molar-refractivity contribution in [2.24, 2.45) is 17.8 Å². The fourth-order valence-electron chi connectivity index (χ4n) is 5.45. The van der Waals surface area contributed by atoms with Crippen molar-refractivity contribution < 1.29 is 19.4 Å². The van der Waals surface area contributed by atoms with Crippen LogP contribution >= 0.6 is 0 Å². The minimum absolute atomic E-state index is 0.0522. The zero-order valence-electron chi connectivity index (χ0n) is 19.5. The Balaban J connectivity index is 1.70. The Kier molecular flexibility index (Phi) is 10.6. The lowest BCUT2D eigenvalue weighted by molar-refractivity contribution is -0.147. The van der Waals surface area contributed by atoms with Crippen LogP contribution in [0.1, 0.15) is 111 Å². The molecule has 0 heterocycles. The van der Waals surface area contributed by atoms with Gasteiger partial charge in [0, 0.05) is 18.8 Å². The van der Waals surface area contributed by atoms with Gasteiger partial charge in [0.25, 0.3) is 0 Å². The van der Waals surface area contributed by atoms with Crippen molar-refractivity contribution in [1.29, 1.82) is 0 Å². The summed E-state index contributed by atoms with van der Waals surface area (Å²) in [5.41, 5.74) is -0.539.